The molecule has 0 aliphatic heterocycles. The number of nitrogens with one attached hydrogen (secondary N) is 1. The van der Waals surface area contributed by atoms with Gasteiger partial charge in [0.25, 0.3) is 5.91 Å². The van der Waals surface area contributed by atoms with Crippen molar-refractivity contribution in [1.29, 1.82) is 0 Å². The third kappa shape index (κ3) is 3.08. The van der Waals surface area contributed by atoms with Gasteiger partial charge in [0.2, 0.25) is 5.95 Å². The number of anilines is 1. The van der Waals surface area contributed by atoms with E-state index in [9.17, 15) is 4.79 Å². The first-order valence-electron chi connectivity index (χ1n) is 6.46. The van der Waals surface area contributed by atoms with Crippen LogP contribution in [0.25, 0.3) is 5.69 Å². The Morgan fingerprint density at radius 2 is 2.14 bits per heavy atom. The molecule has 1 aromatic carbocycles. The van der Waals surface area contributed by atoms with Crippen LogP contribution in [-0.2, 0) is 11.8 Å². The second-order valence-electron chi connectivity index (χ2n) is 4.45. The smallest absolute Gasteiger partial charge is 0.264 e. The molecule has 2 heterocycles. The Hall–Kier alpha value is -3.23. The van der Waals surface area contributed by atoms with E-state index < -0.39 is 0 Å². The quantitative estimate of drug-likeness (QED) is 0.732. The zero-order chi connectivity index (χ0) is 15.4. The van der Waals surface area contributed by atoms with Gasteiger partial charge in [-0.2, -0.15) is 0 Å². The molecule has 9 heteroatoms. The number of hydrogen-bond donors (Lipinski definition) is 1. The Morgan fingerprint density at radius 1 is 1.32 bits per heavy atom. The van der Waals surface area contributed by atoms with E-state index in [0.717, 1.165) is 5.69 Å². The van der Waals surface area contributed by atoms with Crippen LogP contribution in [0.15, 0.2) is 43.0 Å². The van der Waals surface area contributed by atoms with Crippen molar-refractivity contribution in [2.45, 2.75) is 0 Å². The van der Waals surface area contributed by atoms with Crippen LogP contribution >= 0.6 is 0 Å². The van der Waals surface area contributed by atoms with Gasteiger partial charge in [0.15, 0.2) is 6.61 Å². The number of nitrogens with zero attached hydrogens (tertiary/aromatic N) is 6. The van der Waals surface area contributed by atoms with E-state index in [0.29, 0.717) is 11.7 Å². The Morgan fingerprint density at radius 3 is 2.77 bits per heavy atom. The summed E-state index contributed by atoms with van der Waals surface area (Å²) in [6, 6.07) is 7.07. The molecule has 0 bridgehead atoms. The number of hydrogen-bond acceptors (Lipinski definition) is 6. The second kappa shape index (κ2) is 6.04. The maximum Gasteiger partial charge on any atom is 0.264 e. The average Bonchev–Trinajstić information content (AvgIpc) is 3.18. The van der Waals surface area contributed by atoms with Crippen LogP contribution in [0.2, 0.25) is 0 Å². The summed E-state index contributed by atoms with van der Waals surface area (Å²) in [6.45, 7) is -0.100. The van der Waals surface area contributed by atoms with Crippen LogP contribution in [0.3, 0.4) is 0 Å². The van der Waals surface area contributed by atoms with Crippen molar-refractivity contribution in [2.24, 2.45) is 7.05 Å². The SMILES string of the molecule is Cn1ccnc1NC(=O)COc1ccc(-n2cnnn2)cc1. The monoisotopic (exact) mass is 299 g/mol. The average molecular weight is 299 g/mol. The van der Waals surface area contributed by atoms with Crippen LogP contribution in [0.1, 0.15) is 0 Å². The second-order valence-corrected chi connectivity index (χ2v) is 4.45. The highest BCUT2D eigenvalue weighted by atomic mass is 16.5. The summed E-state index contributed by atoms with van der Waals surface area (Å²) in [6.07, 6.45) is 4.85. The maximum absolute atomic E-state index is 11.8. The fraction of sp³-hybridized carbons (Fsp3) is 0.154. The normalized spacial score (nSPS) is 10.4. The number of benzene rings is 1. The molecule has 0 fully saturated rings. The molecule has 112 valence electrons. The van der Waals surface area contributed by atoms with Gasteiger partial charge in [-0.3, -0.25) is 10.1 Å². The molecule has 0 spiro atoms. The van der Waals surface area contributed by atoms with Crippen molar-refractivity contribution >= 4 is 11.9 Å². The standard InChI is InChI=1S/C13H13N7O2/c1-19-7-6-14-13(19)16-12(21)8-22-11-4-2-10(3-5-11)20-9-15-17-18-20/h2-7,9H,8H2,1H3,(H,14,16,21). The maximum atomic E-state index is 11.8. The highest BCUT2D eigenvalue weighted by Gasteiger charge is 2.07. The van der Waals surface area contributed by atoms with Crippen LogP contribution in [-0.4, -0.2) is 42.3 Å². The summed E-state index contributed by atoms with van der Waals surface area (Å²) in [5.41, 5.74) is 0.801. The first-order chi connectivity index (χ1) is 10.7. The van der Waals surface area contributed by atoms with Gasteiger partial charge in [-0.15, -0.1) is 5.10 Å². The number of imidazole rings is 1. The molecular weight excluding hydrogens is 286 g/mol. The first-order valence-corrected chi connectivity index (χ1v) is 6.46. The predicted octanol–water partition coefficient (Wildman–Crippen LogP) is 0.413. The van der Waals surface area contributed by atoms with Crippen molar-refractivity contribution in [3.05, 3.63) is 43.0 Å². The molecule has 0 saturated heterocycles. The van der Waals surface area contributed by atoms with Gasteiger partial charge in [-0.05, 0) is 34.7 Å². The molecule has 9 nitrogen and oxygen atoms in total. The lowest BCUT2D eigenvalue weighted by Gasteiger charge is -2.07. The van der Waals surface area contributed by atoms with E-state index >= 15 is 0 Å². The molecule has 0 aliphatic carbocycles. The highest BCUT2D eigenvalue weighted by molar-refractivity contribution is 5.90. The van der Waals surface area contributed by atoms with Crippen LogP contribution in [0, 0.1) is 0 Å². The Kier molecular flexibility index (Phi) is 3.77. The zero-order valence-electron chi connectivity index (χ0n) is 11.7. The van der Waals surface area contributed by atoms with Gasteiger partial charge in [0, 0.05) is 19.4 Å². The van der Waals surface area contributed by atoms with Crippen molar-refractivity contribution in [2.75, 3.05) is 11.9 Å². The van der Waals surface area contributed by atoms with E-state index in [1.165, 1.54) is 11.0 Å². The van der Waals surface area contributed by atoms with E-state index in [4.69, 9.17) is 4.74 Å². The minimum atomic E-state index is -0.279. The van der Waals surface area contributed by atoms with Crippen LogP contribution in [0.5, 0.6) is 5.75 Å². The van der Waals surface area contributed by atoms with E-state index in [2.05, 4.69) is 25.8 Å². The van der Waals surface area contributed by atoms with Gasteiger partial charge in [-0.1, -0.05) is 0 Å². The third-order valence-corrected chi connectivity index (χ3v) is 2.89. The zero-order valence-corrected chi connectivity index (χ0v) is 11.7. The molecule has 0 atom stereocenters. The van der Waals surface area contributed by atoms with Crippen molar-refractivity contribution < 1.29 is 9.53 Å². The number of tetrazole rings is 1. The number of aromatic nitrogens is 6. The van der Waals surface area contributed by atoms with Gasteiger partial charge in [0.05, 0.1) is 5.69 Å². The number of ether oxygens (including phenoxy) is 1. The minimum absolute atomic E-state index is 0.100. The summed E-state index contributed by atoms with van der Waals surface area (Å²) < 4.78 is 8.65. The summed E-state index contributed by atoms with van der Waals surface area (Å²) in [7, 11) is 1.79. The number of carbonyl (C=O) groups excluding carboxylic acids is 1. The molecule has 0 unspecified atom stereocenters. The summed E-state index contributed by atoms with van der Waals surface area (Å²) >= 11 is 0. The van der Waals surface area contributed by atoms with Gasteiger partial charge in [0.1, 0.15) is 12.1 Å². The van der Waals surface area contributed by atoms with Crippen LogP contribution in [0.4, 0.5) is 5.95 Å². The molecule has 22 heavy (non-hydrogen) atoms. The third-order valence-electron chi connectivity index (χ3n) is 2.89. The molecule has 2 aromatic heterocycles. The number of aryl methyl sites for hydroxylation is 1. The van der Waals surface area contributed by atoms with Crippen molar-refractivity contribution in [3.8, 4) is 11.4 Å². The number of amides is 1. The fourth-order valence-electron chi connectivity index (χ4n) is 1.77. The summed E-state index contributed by atoms with van der Waals surface area (Å²) in [5.74, 6) is 0.772. The van der Waals surface area contributed by atoms with E-state index in [-0.39, 0.29) is 12.5 Å². The summed E-state index contributed by atoms with van der Waals surface area (Å²) in [4.78, 5) is 15.8. The molecule has 3 rings (SSSR count). The van der Waals surface area contributed by atoms with E-state index in [1.54, 1.807) is 48.3 Å². The van der Waals surface area contributed by atoms with Gasteiger partial charge < -0.3 is 9.30 Å². The lowest BCUT2D eigenvalue weighted by molar-refractivity contribution is -0.118. The first kappa shape index (κ1) is 13.7. The Balaban J connectivity index is 1.55. The molecule has 1 N–H and O–H groups in total. The molecule has 0 saturated carbocycles. The fourth-order valence-corrected chi connectivity index (χ4v) is 1.77. The topological polar surface area (TPSA) is 99.8 Å². The Labute approximate surface area is 125 Å². The van der Waals surface area contributed by atoms with Crippen molar-refractivity contribution in [3.63, 3.8) is 0 Å². The molecule has 3 aromatic rings. The number of rotatable bonds is 5. The Bertz CT molecular complexity index is 749. The van der Waals surface area contributed by atoms with Crippen molar-refractivity contribution in [1.82, 2.24) is 29.8 Å². The summed E-state index contributed by atoms with van der Waals surface area (Å²) in [5, 5.41) is 13.6. The largest absolute Gasteiger partial charge is 0.484 e. The highest BCUT2D eigenvalue weighted by Crippen LogP contribution is 2.14. The lowest BCUT2D eigenvalue weighted by atomic mass is 10.3. The molecule has 0 radical (unpaired) electrons. The molecule has 1 amide bonds. The van der Waals surface area contributed by atoms with Gasteiger partial charge in [-0.25, -0.2) is 9.67 Å². The molecular formula is C13H13N7O2. The van der Waals surface area contributed by atoms with Gasteiger partial charge >= 0.3 is 0 Å². The van der Waals surface area contributed by atoms with E-state index in [1.807, 2.05) is 0 Å². The van der Waals surface area contributed by atoms with Crippen LogP contribution < -0.4 is 10.1 Å². The predicted molar refractivity (Wildman–Crippen MR) is 76.5 cm³/mol. The molecule has 0 aliphatic rings. The minimum Gasteiger partial charge on any atom is -0.484 e. The lowest BCUT2D eigenvalue weighted by Crippen LogP contribution is -2.21. The number of carbonyl (C=O) groups is 1.